The fourth-order valence-corrected chi connectivity index (χ4v) is 2.94. The van der Waals surface area contributed by atoms with Gasteiger partial charge in [-0.25, -0.2) is 4.39 Å². The van der Waals surface area contributed by atoms with Gasteiger partial charge in [-0.2, -0.15) is 0 Å². The first-order chi connectivity index (χ1) is 13.5. The minimum Gasteiger partial charge on any atom is -0.489 e. The fraction of sp³-hybridized carbons (Fsp3) is 0.174. The molecule has 0 spiro atoms. The van der Waals surface area contributed by atoms with Crippen molar-refractivity contribution in [2.45, 2.75) is 27.0 Å². The molecule has 144 valence electrons. The van der Waals surface area contributed by atoms with E-state index in [1.807, 2.05) is 30.3 Å². The number of hydrogen-bond donors (Lipinski definition) is 2. The molecular weight excluding hydrogens is 371 g/mol. The second-order valence-corrected chi connectivity index (χ2v) is 7.09. The molecule has 0 atom stereocenters. The fourth-order valence-electron chi connectivity index (χ4n) is 2.75. The maximum Gasteiger partial charge on any atom is 0.171 e. The van der Waals surface area contributed by atoms with E-state index in [0.717, 1.165) is 28.1 Å². The van der Waals surface area contributed by atoms with Crippen LogP contribution >= 0.6 is 12.2 Å². The van der Waals surface area contributed by atoms with Gasteiger partial charge in [-0.15, -0.1) is 0 Å². The molecule has 0 fully saturated rings. The van der Waals surface area contributed by atoms with Gasteiger partial charge in [0.2, 0.25) is 0 Å². The molecule has 0 amide bonds. The summed E-state index contributed by atoms with van der Waals surface area (Å²) in [6, 6.07) is 20.3. The average Bonchev–Trinajstić information content (AvgIpc) is 2.69. The van der Waals surface area contributed by atoms with Gasteiger partial charge in [0.15, 0.2) is 5.11 Å². The van der Waals surface area contributed by atoms with Crippen LogP contribution in [0.4, 0.5) is 10.1 Å². The minimum absolute atomic E-state index is 0.245. The maximum absolute atomic E-state index is 12.9. The van der Waals surface area contributed by atoms with Gasteiger partial charge in [0.25, 0.3) is 0 Å². The monoisotopic (exact) mass is 394 g/mol. The van der Waals surface area contributed by atoms with E-state index in [1.165, 1.54) is 17.7 Å². The third-order valence-electron chi connectivity index (χ3n) is 4.33. The van der Waals surface area contributed by atoms with Crippen LogP contribution in [-0.2, 0) is 13.2 Å². The van der Waals surface area contributed by atoms with E-state index in [-0.39, 0.29) is 5.82 Å². The van der Waals surface area contributed by atoms with Gasteiger partial charge in [-0.3, -0.25) is 0 Å². The molecule has 2 N–H and O–H groups in total. The predicted molar refractivity (Wildman–Crippen MR) is 116 cm³/mol. The first kappa shape index (κ1) is 19.8. The van der Waals surface area contributed by atoms with Crippen molar-refractivity contribution in [2.75, 3.05) is 5.32 Å². The van der Waals surface area contributed by atoms with E-state index in [2.05, 4.69) is 36.6 Å². The molecule has 0 bridgehead atoms. The largest absolute Gasteiger partial charge is 0.489 e. The Morgan fingerprint density at radius 2 is 1.61 bits per heavy atom. The smallest absolute Gasteiger partial charge is 0.171 e. The second kappa shape index (κ2) is 9.33. The van der Waals surface area contributed by atoms with Crippen LogP contribution in [0.5, 0.6) is 5.75 Å². The zero-order chi connectivity index (χ0) is 19.9. The van der Waals surface area contributed by atoms with E-state index >= 15 is 0 Å². The third-order valence-corrected chi connectivity index (χ3v) is 4.57. The average molecular weight is 395 g/mol. The second-order valence-electron chi connectivity index (χ2n) is 6.69. The molecule has 0 unspecified atom stereocenters. The Balaban J connectivity index is 1.47. The summed E-state index contributed by atoms with van der Waals surface area (Å²) in [7, 11) is 0. The van der Waals surface area contributed by atoms with Gasteiger partial charge in [-0.1, -0.05) is 42.0 Å². The van der Waals surface area contributed by atoms with E-state index in [1.54, 1.807) is 12.1 Å². The van der Waals surface area contributed by atoms with E-state index < -0.39 is 0 Å². The first-order valence-corrected chi connectivity index (χ1v) is 9.49. The summed E-state index contributed by atoms with van der Waals surface area (Å²) < 4.78 is 18.7. The Morgan fingerprint density at radius 1 is 0.929 bits per heavy atom. The van der Waals surface area contributed by atoms with Crippen LogP contribution in [0.25, 0.3) is 0 Å². The number of halogens is 1. The summed E-state index contributed by atoms with van der Waals surface area (Å²) in [5.41, 5.74) is 5.41. The van der Waals surface area contributed by atoms with Crippen LogP contribution in [-0.4, -0.2) is 5.11 Å². The van der Waals surface area contributed by atoms with E-state index in [9.17, 15) is 4.39 Å². The van der Waals surface area contributed by atoms with Crippen LogP contribution in [0.1, 0.15) is 22.3 Å². The van der Waals surface area contributed by atoms with Gasteiger partial charge in [0.1, 0.15) is 18.2 Å². The highest BCUT2D eigenvalue weighted by molar-refractivity contribution is 7.80. The molecule has 3 nitrogen and oxygen atoms in total. The lowest BCUT2D eigenvalue weighted by atomic mass is 10.1. The number of thiocarbonyl (C=S) groups is 1. The molecular formula is C23H23FN2OS. The number of ether oxygens (including phenoxy) is 1. The van der Waals surface area contributed by atoms with E-state index in [0.29, 0.717) is 18.3 Å². The molecule has 0 radical (unpaired) electrons. The molecule has 0 aromatic heterocycles. The normalized spacial score (nSPS) is 10.4. The lowest BCUT2D eigenvalue weighted by molar-refractivity contribution is 0.306. The highest BCUT2D eigenvalue weighted by atomic mass is 32.1. The van der Waals surface area contributed by atoms with Gasteiger partial charge in [-0.05, 0) is 73.1 Å². The predicted octanol–water partition coefficient (Wildman–Crippen LogP) is 5.51. The SMILES string of the molecule is Cc1ccc(NC(=S)NCc2ccc(OCc3ccc(F)cc3)cc2)c(C)c1. The quantitative estimate of drug-likeness (QED) is 0.540. The Bertz CT molecular complexity index is 940. The number of anilines is 1. The molecule has 0 heterocycles. The van der Waals surface area contributed by atoms with Crippen LogP contribution in [0.2, 0.25) is 0 Å². The van der Waals surface area contributed by atoms with Crippen molar-refractivity contribution in [1.82, 2.24) is 5.32 Å². The van der Waals surface area contributed by atoms with Crippen LogP contribution < -0.4 is 15.4 Å². The summed E-state index contributed by atoms with van der Waals surface area (Å²) >= 11 is 5.38. The lowest BCUT2D eigenvalue weighted by Gasteiger charge is -2.13. The summed E-state index contributed by atoms with van der Waals surface area (Å²) in [5, 5.41) is 7.03. The van der Waals surface area contributed by atoms with Crippen molar-refractivity contribution < 1.29 is 9.13 Å². The van der Waals surface area contributed by atoms with Crippen molar-refractivity contribution in [2.24, 2.45) is 0 Å². The van der Waals surface area contributed by atoms with Crippen molar-refractivity contribution in [3.05, 3.63) is 94.8 Å². The Labute approximate surface area is 170 Å². The molecule has 0 aliphatic heterocycles. The standard InChI is InChI=1S/C23H23FN2OS/c1-16-3-12-22(17(2)13-16)26-23(28)25-14-18-6-10-21(11-7-18)27-15-19-4-8-20(24)9-5-19/h3-13H,14-15H2,1-2H3,(H2,25,26,28). The van der Waals surface area contributed by atoms with Crippen LogP contribution in [0.3, 0.4) is 0 Å². The molecule has 28 heavy (non-hydrogen) atoms. The van der Waals surface area contributed by atoms with Crippen molar-refractivity contribution in [1.29, 1.82) is 0 Å². The molecule has 0 aliphatic carbocycles. The molecule has 5 heteroatoms. The molecule has 0 saturated heterocycles. The number of nitrogens with one attached hydrogen (secondary N) is 2. The number of rotatable bonds is 6. The van der Waals surface area contributed by atoms with Crippen LogP contribution in [0, 0.1) is 19.7 Å². The topological polar surface area (TPSA) is 33.3 Å². The maximum atomic E-state index is 12.9. The highest BCUT2D eigenvalue weighted by Gasteiger charge is 2.02. The molecule has 3 rings (SSSR count). The molecule has 0 saturated carbocycles. The van der Waals surface area contributed by atoms with Gasteiger partial charge >= 0.3 is 0 Å². The molecule has 0 aliphatic rings. The molecule has 3 aromatic rings. The first-order valence-electron chi connectivity index (χ1n) is 9.08. The van der Waals surface area contributed by atoms with Crippen LogP contribution in [0.15, 0.2) is 66.7 Å². The number of aryl methyl sites for hydroxylation is 2. The zero-order valence-corrected chi connectivity index (χ0v) is 16.8. The van der Waals surface area contributed by atoms with Crippen molar-refractivity contribution in [3.63, 3.8) is 0 Å². The Kier molecular flexibility index (Phi) is 6.61. The highest BCUT2D eigenvalue weighted by Crippen LogP contribution is 2.17. The summed E-state index contributed by atoms with van der Waals surface area (Å²) in [6.07, 6.45) is 0. The number of benzene rings is 3. The molecule has 3 aromatic carbocycles. The minimum atomic E-state index is -0.245. The van der Waals surface area contributed by atoms with Crippen molar-refractivity contribution >= 4 is 23.0 Å². The van der Waals surface area contributed by atoms with Gasteiger partial charge in [0, 0.05) is 12.2 Å². The number of hydrogen-bond acceptors (Lipinski definition) is 2. The third kappa shape index (κ3) is 5.79. The van der Waals surface area contributed by atoms with Gasteiger partial charge < -0.3 is 15.4 Å². The lowest BCUT2D eigenvalue weighted by Crippen LogP contribution is -2.28. The zero-order valence-electron chi connectivity index (χ0n) is 16.0. The summed E-state index contributed by atoms with van der Waals surface area (Å²) in [4.78, 5) is 0. The Hall–Kier alpha value is -2.92. The summed E-state index contributed by atoms with van der Waals surface area (Å²) in [6.45, 7) is 5.15. The van der Waals surface area contributed by atoms with E-state index in [4.69, 9.17) is 17.0 Å². The summed E-state index contributed by atoms with van der Waals surface area (Å²) in [5.74, 6) is 0.523. The van der Waals surface area contributed by atoms with Gasteiger partial charge in [0.05, 0.1) is 0 Å². The Morgan fingerprint density at radius 3 is 2.29 bits per heavy atom. The van der Waals surface area contributed by atoms with Crippen molar-refractivity contribution in [3.8, 4) is 5.75 Å².